The minimum absolute atomic E-state index is 0.0908. The monoisotopic (exact) mass is 436 g/mol. The first-order chi connectivity index (χ1) is 15.8. The van der Waals surface area contributed by atoms with E-state index in [1.54, 1.807) is 6.07 Å². The van der Waals surface area contributed by atoms with Crippen LogP contribution in [0.4, 0.5) is 0 Å². The number of aromatic carboxylic acids is 1. The molecule has 3 heteroatoms. The van der Waals surface area contributed by atoms with E-state index in [-0.39, 0.29) is 17.2 Å². The largest absolute Gasteiger partial charge is 0.507 e. The summed E-state index contributed by atoms with van der Waals surface area (Å²) in [5, 5.41) is 21.2. The second kappa shape index (κ2) is 8.95. The number of carboxylic acids is 1. The van der Waals surface area contributed by atoms with Crippen molar-refractivity contribution in [1.82, 2.24) is 0 Å². The Labute approximate surface area is 195 Å². The summed E-state index contributed by atoms with van der Waals surface area (Å²) in [6, 6.07) is 25.5. The summed E-state index contributed by atoms with van der Waals surface area (Å²) in [5.41, 5.74) is 8.85. The van der Waals surface area contributed by atoms with Crippen molar-refractivity contribution in [3.63, 3.8) is 0 Å². The predicted molar refractivity (Wildman–Crippen MR) is 133 cm³/mol. The Morgan fingerprint density at radius 1 is 0.667 bits per heavy atom. The summed E-state index contributed by atoms with van der Waals surface area (Å²) in [6.45, 7) is 8.31. The molecule has 4 aromatic carbocycles. The number of hydrogen-bond acceptors (Lipinski definition) is 2. The molecule has 3 nitrogen and oxygen atoms in total. The zero-order valence-corrected chi connectivity index (χ0v) is 19.4. The van der Waals surface area contributed by atoms with Crippen LogP contribution in [0.2, 0.25) is 0 Å². The van der Waals surface area contributed by atoms with Crippen LogP contribution in [0.3, 0.4) is 0 Å². The maximum absolute atomic E-state index is 12.1. The molecule has 0 bridgehead atoms. The molecule has 0 aliphatic rings. The van der Waals surface area contributed by atoms with E-state index in [9.17, 15) is 15.0 Å². The average Bonchev–Trinajstić information content (AvgIpc) is 2.80. The molecule has 33 heavy (non-hydrogen) atoms. The molecule has 0 saturated heterocycles. The van der Waals surface area contributed by atoms with Gasteiger partial charge in [-0.05, 0) is 84.3 Å². The van der Waals surface area contributed by atoms with Crippen LogP contribution in [0.25, 0.3) is 11.1 Å². The molecule has 166 valence electrons. The van der Waals surface area contributed by atoms with Crippen molar-refractivity contribution < 1.29 is 15.0 Å². The first kappa shape index (κ1) is 22.3. The third-order valence-electron chi connectivity index (χ3n) is 6.70. The molecule has 0 aromatic heterocycles. The normalized spacial score (nSPS) is 11.1. The van der Waals surface area contributed by atoms with Gasteiger partial charge in [-0.1, -0.05) is 66.7 Å². The van der Waals surface area contributed by atoms with Crippen LogP contribution < -0.4 is 0 Å². The number of rotatable bonds is 5. The van der Waals surface area contributed by atoms with Crippen LogP contribution >= 0.6 is 0 Å². The van der Waals surface area contributed by atoms with Gasteiger partial charge in [0, 0.05) is 11.5 Å². The minimum Gasteiger partial charge on any atom is -0.507 e. The fraction of sp³-hybridized carbons (Fsp3) is 0.167. The van der Waals surface area contributed by atoms with Crippen molar-refractivity contribution in [2.24, 2.45) is 0 Å². The minimum atomic E-state index is -1.15. The number of aromatic hydroxyl groups is 1. The zero-order valence-electron chi connectivity index (χ0n) is 19.4. The van der Waals surface area contributed by atoms with Gasteiger partial charge in [-0.2, -0.15) is 0 Å². The lowest BCUT2D eigenvalue weighted by Gasteiger charge is -2.26. The number of carboxylic acid groups (broad SMARTS) is 1. The second-order valence-electron chi connectivity index (χ2n) is 8.64. The Balaban J connectivity index is 2.09. The number of aryl methyl sites for hydroxylation is 2. The Morgan fingerprint density at radius 3 is 1.73 bits per heavy atom. The average molecular weight is 437 g/mol. The van der Waals surface area contributed by atoms with Gasteiger partial charge < -0.3 is 10.2 Å². The van der Waals surface area contributed by atoms with Gasteiger partial charge in [0.25, 0.3) is 0 Å². The smallest absolute Gasteiger partial charge is 0.339 e. The lowest BCUT2D eigenvalue weighted by Crippen LogP contribution is -2.11. The maximum Gasteiger partial charge on any atom is 0.339 e. The van der Waals surface area contributed by atoms with Crippen molar-refractivity contribution >= 4 is 5.97 Å². The van der Waals surface area contributed by atoms with E-state index >= 15 is 0 Å². The third-order valence-corrected chi connectivity index (χ3v) is 6.70. The molecule has 0 spiro atoms. The third kappa shape index (κ3) is 4.14. The molecule has 4 aromatic rings. The fourth-order valence-corrected chi connectivity index (χ4v) is 4.51. The van der Waals surface area contributed by atoms with E-state index in [1.807, 2.05) is 48.5 Å². The lowest BCUT2D eigenvalue weighted by molar-refractivity contribution is 0.0693. The van der Waals surface area contributed by atoms with E-state index in [0.29, 0.717) is 5.56 Å². The molecule has 0 amide bonds. The molecule has 0 aliphatic carbocycles. The Kier molecular flexibility index (Phi) is 6.06. The SMILES string of the molecule is Cc1cccc(C(c2cccc(C)c2C)c2cc(-c3ccccc3)cc(C(=O)O)c2O)c1C. The van der Waals surface area contributed by atoms with Crippen LogP contribution in [-0.4, -0.2) is 16.2 Å². The molecular weight excluding hydrogens is 408 g/mol. The van der Waals surface area contributed by atoms with Crippen LogP contribution in [0.1, 0.15) is 55.2 Å². The van der Waals surface area contributed by atoms with E-state index in [0.717, 1.165) is 44.5 Å². The summed E-state index contributed by atoms with van der Waals surface area (Å²) < 4.78 is 0. The Bertz CT molecular complexity index is 1290. The van der Waals surface area contributed by atoms with Gasteiger partial charge in [-0.3, -0.25) is 0 Å². The molecule has 0 radical (unpaired) electrons. The number of hydrogen-bond donors (Lipinski definition) is 2. The standard InChI is InChI=1S/C30H28O3/c1-18-10-8-14-24(20(18)3)28(25-15-9-11-19(2)21(25)4)26-16-23(22-12-6-5-7-13-22)17-27(29(26)31)30(32)33/h5-17,28,31H,1-4H3,(H,32,33). The topological polar surface area (TPSA) is 57.5 Å². The predicted octanol–water partition coefficient (Wildman–Crippen LogP) is 7.17. The van der Waals surface area contributed by atoms with Crippen molar-refractivity contribution in [1.29, 1.82) is 0 Å². The van der Waals surface area contributed by atoms with Gasteiger partial charge >= 0.3 is 5.97 Å². The van der Waals surface area contributed by atoms with Crippen LogP contribution in [0, 0.1) is 27.7 Å². The highest BCUT2D eigenvalue weighted by molar-refractivity contribution is 5.93. The van der Waals surface area contributed by atoms with Gasteiger partial charge in [-0.15, -0.1) is 0 Å². The van der Waals surface area contributed by atoms with Crippen molar-refractivity contribution in [3.8, 4) is 16.9 Å². The first-order valence-corrected chi connectivity index (χ1v) is 11.1. The molecule has 0 unspecified atom stereocenters. The molecular formula is C30H28O3. The molecule has 0 saturated carbocycles. The van der Waals surface area contributed by atoms with Gasteiger partial charge in [0.15, 0.2) is 0 Å². The molecule has 2 N–H and O–H groups in total. The highest BCUT2D eigenvalue weighted by atomic mass is 16.4. The molecule has 0 aliphatic heterocycles. The Morgan fingerprint density at radius 2 is 1.21 bits per heavy atom. The summed E-state index contributed by atoms with van der Waals surface area (Å²) >= 11 is 0. The lowest BCUT2D eigenvalue weighted by atomic mass is 9.78. The highest BCUT2D eigenvalue weighted by Gasteiger charge is 2.27. The summed E-state index contributed by atoms with van der Waals surface area (Å²) in [7, 11) is 0. The highest BCUT2D eigenvalue weighted by Crippen LogP contribution is 2.43. The van der Waals surface area contributed by atoms with Crippen LogP contribution in [-0.2, 0) is 0 Å². The molecule has 4 rings (SSSR count). The van der Waals surface area contributed by atoms with Crippen LogP contribution in [0.15, 0.2) is 78.9 Å². The second-order valence-corrected chi connectivity index (χ2v) is 8.64. The summed E-state index contributed by atoms with van der Waals surface area (Å²) in [4.78, 5) is 12.1. The van der Waals surface area contributed by atoms with Crippen molar-refractivity contribution in [2.75, 3.05) is 0 Å². The number of benzene rings is 4. The first-order valence-electron chi connectivity index (χ1n) is 11.1. The van der Waals surface area contributed by atoms with E-state index in [2.05, 4.69) is 52.0 Å². The summed E-state index contributed by atoms with van der Waals surface area (Å²) in [5.74, 6) is -1.65. The van der Waals surface area contributed by atoms with Gasteiger partial charge in [0.1, 0.15) is 11.3 Å². The molecule has 0 atom stereocenters. The number of carbonyl (C=O) groups is 1. The van der Waals surface area contributed by atoms with Crippen LogP contribution in [0.5, 0.6) is 5.75 Å². The van der Waals surface area contributed by atoms with E-state index in [4.69, 9.17) is 0 Å². The maximum atomic E-state index is 12.1. The fourth-order valence-electron chi connectivity index (χ4n) is 4.51. The Hall–Kier alpha value is -3.85. The summed E-state index contributed by atoms with van der Waals surface area (Å²) in [6.07, 6.45) is 0. The molecule has 0 fully saturated rings. The number of phenols is 1. The van der Waals surface area contributed by atoms with Gasteiger partial charge in [0.05, 0.1) is 0 Å². The van der Waals surface area contributed by atoms with Crippen molar-refractivity contribution in [3.05, 3.63) is 123 Å². The quantitative estimate of drug-likeness (QED) is 0.326. The van der Waals surface area contributed by atoms with E-state index < -0.39 is 5.97 Å². The molecule has 0 heterocycles. The van der Waals surface area contributed by atoms with Crippen molar-refractivity contribution in [2.45, 2.75) is 33.6 Å². The van der Waals surface area contributed by atoms with E-state index in [1.165, 1.54) is 0 Å². The van der Waals surface area contributed by atoms with Gasteiger partial charge in [-0.25, -0.2) is 4.79 Å². The zero-order chi connectivity index (χ0) is 23.7. The van der Waals surface area contributed by atoms with Gasteiger partial charge in [0.2, 0.25) is 0 Å².